The summed E-state index contributed by atoms with van der Waals surface area (Å²) >= 11 is 2.49. The Balaban J connectivity index is 1.82. The number of benzene rings is 1. The fraction of sp³-hybridized carbons (Fsp3) is 0.304. The number of aliphatic imine (C=N–C) groups is 1. The molecule has 0 spiro atoms. The first-order chi connectivity index (χ1) is 15.4. The fourth-order valence-corrected chi connectivity index (χ4v) is 5.54. The van der Waals surface area contributed by atoms with Crippen molar-refractivity contribution in [3.8, 4) is 11.1 Å². The number of anilines is 1. The molecule has 0 amide bonds. The van der Waals surface area contributed by atoms with Crippen molar-refractivity contribution in [1.29, 1.82) is 0 Å². The van der Waals surface area contributed by atoms with Crippen molar-refractivity contribution in [2.45, 2.75) is 39.2 Å². The number of hydrogen-bond acceptors (Lipinski definition) is 9. The van der Waals surface area contributed by atoms with E-state index < -0.39 is 5.60 Å². The van der Waals surface area contributed by atoms with Crippen LogP contribution in [-0.2, 0) is 5.60 Å². The maximum atomic E-state index is 12.3. The third kappa shape index (κ3) is 3.46. The van der Waals surface area contributed by atoms with Gasteiger partial charge in [0, 0.05) is 29.2 Å². The molecule has 4 aromatic rings. The lowest BCUT2D eigenvalue weighted by Gasteiger charge is -2.28. The van der Waals surface area contributed by atoms with Crippen LogP contribution in [0.1, 0.15) is 46.5 Å². The van der Waals surface area contributed by atoms with Crippen LogP contribution in [0.5, 0.6) is 0 Å². The number of rotatable bonds is 6. The van der Waals surface area contributed by atoms with E-state index in [9.17, 15) is 5.11 Å². The standard InChI is InChI=1S/C23H23N5O2S2/c1-12(15-4-5-15)27-22-17(10-16(11-18(22)24)21-13(2)28-30-14(21)3)23(29,19-6-8-25-31-19)20-7-9-26-32-20/h6-11,15,29H,4-5,24H2,1-3H3. The SMILES string of the molecule is CC(=Nc1c(N)cc(-c2c(C)noc2C)cc1C(O)(c1ccns1)c1ccns1)C1CC1. The Morgan fingerprint density at radius 1 is 1.16 bits per heavy atom. The predicted octanol–water partition coefficient (Wildman–Crippen LogP) is 5.24. The van der Waals surface area contributed by atoms with Crippen LogP contribution in [-0.4, -0.2) is 24.7 Å². The van der Waals surface area contributed by atoms with E-state index >= 15 is 0 Å². The third-order valence-electron chi connectivity index (χ3n) is 5.90. The van der Waals surface area contributed by atoms with Crippen LogP contribution in [0.2, 0.25) is 0 Å². The lowest BCUT2D eigenvalue weighted by atomic mass is 9.86. The highest BCUT2D eigenvalue weighted by Gasteiger charge is 2.40. The van der Waals surface area contributed by atoms with Crippen molar-refractivity contribution < 1.29 is 9.63 Å². The first kappa shape index (κ1) is 21.0. The van der Waals surface area contributed by atoms with E-state index in [2.05, 4.69) is 13.9 Å². The quantitative estimate of drug-likeness (QED) is 0.298. The molecule has 1 aliphatic carbocycles. The second-order valence-corrected chi connectivity index (χ2v) is 9.82. The molecule has 3 aromatic heterocycles. The molecule has 0 saturated heterocycles. The zero-order valence-corrected chi connectivity index (χ0v) is 19.6. The molecule has 0 aliphatic heterocycles. The van der Waals surface area contributed by atoms with Gasteiger partial charge in [0.05, 0.1) is 26.8 Å². The monoisotopic (exact) mass is 465 g/mol. The Morgan fingerprint density at radius 2 is 1.81 bits per heavy atom. The fourth-order valence-electron chi connectivity index (χ4n) is 4.06. The second-order valence-electron chi connectivity index (χ2n) is 8.15. The molecule has 1 aromatic carbocycles. The van der Waals surface area contributed by atoms with Crippen molar-refractivity contribution in [1.82, 2.24) is 13.9 Å². The molecular weight excluding hydrogens is 442 g/mol. The van der Waals surface area contributed by atoms with E-state index in [0.29, 0.717) is 38.4 Å². The number of aromatic nitrogens is 3. The lowest BCUT2D eigenvalue weighted by molar-refractivity contribution is 0.134. The second kappa shape index (κ2) is 7.91. The summed E-state index contributed by atoms with van der Waals surface area (Å²) in [5.41, 5.74) is 10.3. The number of nitrogens with two attached hydrogens (primary N) is 1. The summed E-state index contributed by atoms with van der Waals surface area (Å²) in [5, 5.41) is 16.4. The number of nitrogen functional groups attached to an aromatic ring is 1. The minimum Gasteiger partial charge on any atom is -0.397 e. The van der Waals surface area contributed by atoms with Crippen molar-refractivity contribution in [3.63, 3.8) is 0 Å². The van der Waals surface area contributed by atoms with Gasteiger partial charge < -0.3 is 15.4 Å². The Kier molecular flexibility index (Phi) is 5.19. The maximum Gasteiger partial charge on any atom is 0.164 e. The van der Waals surface area contributed by atoms with Gasteiger partial charge in [-0.2, -0.15) is 0 Å². The summed E-state index contributed by atoms with van der Waals surface area (Å²) in [4.78, 5) is 6.29. The summed E-state index contributed by atoms with van der Waals surface area (Å²) in [5.74, 6) is 1.17. The molecular formula is C23H23N5O2S2. The molecule has 1 aliphatic rings. The van der Waals surface area contributed by atoms with E-state index in [-0.39, 0.29) is 0 Å². The highest BCUT2D eigenvalue weighted by atomic mass is 32.1. The maximum absolute atomic E-state index is 12.3. The van der Waals surface area contributed by atoms with Gasteiger partial charge in [-0.15, -0.1) is 0 Å². The van der Waals surface area contributed by atoms with E-state index in [1.54, 1.807) is 12.4 Å². The lowest BCUT2D eigenvalue weighted by Crippen LogP contribution is -2.27. The van der Waals surface area contributed by atoms with Gasteiger partial charge in [-0.05, 0) is 92.4 Å². The summed E-state index contributed by atoms with van der Waals surface area (Å²) in [6.07, 6.45) is 5.64. The molecule has 0 bridgehead atoms. The normalized spacial score (nSPS) is 14.8. The smallest absolute Gasteiger partial charge is 0.164 e. The van der Waals surface area contributed by atoms with Crippen LogP contribution in [0.15, 0.2) is 46.2 Å². The van der Waals surface area contributed by atoms with Crippen LogP contribution in [0, 0.1) is 19.8 Å². The van der Waals surface area contributed by atoms with Crippen molar-refractivity contribution in [3.05, 3.63) is 63.4 Å². The molecule has 5 rings (SSSR count). The van der Waals surface area contributed by atoms with Crippen molar-refractivity contribution in [2.75, 3.05) is 5.73 Å². The summed E-state index contributed by atoms with van der Waals surface area (Å²) in [7, 11) is 0. The molecule has 0 radical (unpaired) electrons. The Morgan fingerprint density at radius 3 is 2.31 bits per heavy atom. The zero-order chi connectivity index (χ0) is 22.5. The summed E-state index contributed by atoms with van der Waals surface area (Å²) in [6, 6.07) is 7.48. The van der Waals surface area contributed by atoms with E-state index in [0.717, 1.165) is 35.4 Å². The Labute approximate surface area is 194 Å². The van der Waals surface area contributed by atoms with Crippen LogP contribution < -0.4 is 5.73 Å². The van der Waals surface area contributed by atoms with Gasteiger partial charge in [0.25, 0.3) is 0 Å². The highest BCUT2D eigenvalue weighted by molar-refractivity contribution is 7.07. The first-order valence-corrected chi connectivity index (χ1v) is 11.9. The summed E-state index contributed by atoms with van der Waals surface area (Å²) in [6.45, 7) is 5.79. The van der Waals surface area contributed by atoms with Gasteiger partial charge in [0.2, 0.25) is 0 Å². The van der Waals surface area contributed by atoms with Crippen LogP contribution in [0.25, 0.3) is 11.1 Å². The van der Waals surface area contributed by atoms with Crippen molar-refractivity contribution in [2.24, 2.45) is 10.9 Å². The molecule has 7 nitrogen and oxygen atoms in total. The average molecular weight is 466 g/mol. The number of aliphatic hydroxyl groups is 1. The van der Waals surface area contributed by atoms with Crippen LogP contribution in [0.4, 0.5) is 11.4 Å². The van der Waals surface area contributed by atoms with Crippen molar-refractivity contribution >= 4 is 40.2 Å². The minimum atomic E-state index is -1.49. The molecule has 1 fully saturated rings. The van der Waals surface area contributed by atoms with E-state index in [1.807, 2.05) is 45.0 Å². The predicted molar refractivity (Wildman–Crippen MR) is 128 cm³/mol. The molecule has 0 unspecified atom stereocenters. The van der Waals surface area contributed by atoms with Crippen LogP contribution >= 0.6 is 23.1 Å². The molecule has 0 atom stereocenters. The summed E-state index contributed by atoms with van der Waals surface area (Å²) < 4.78 is 13.9. The topological polar surface area (TPSA) is 110 Å². The minimum absolute atomic E-state index is 0.476. The average Bonchev–Trinajstić information content (AvgIpc) is 3.15. The number of nitrogens with zero attached hydrogens (tertiary/aromatic N) is 4. The van der Waals surface area contributed by atoms with Gasteiger partial charge in [0.15, 0.2) is 5.60 Å². The van der Waals surface area contributed by atoms with Gasteiger partial charge >= 0.3 is 0 Å². The van der Waals surface area contributed by atoms with E-state index in [4.69, 9.17) is 15.2 Å². The third-order valence-corrected chi connectivity index (χ3v) is 7.61. The van der Waals surface area contributed by atoms with Gasteiger partial charge in [-0.1, -0.05) is 5.16 Å². The largest absolute Gasteiger partial charge is 0.397 e. The number of hydrogen-bond donors (Lipinski definition) is 2. The molecule has 1 saturated carbocycles. The van der Waals surface area contributed by atoms with Gasteiger partial charge in [0.1, 0.15) is 5.76 Å². The molecule has 164 valence electrons. The Bertz CT molecular complexity index is 1230. The Hall–Kier alpha value is -2.88. The zero-order valence-electron chi connectivity index (χ0n) is 18.0. The molecule has 3 heterocycles. The van der Waals surface area contributed by atoms with E-state index in [1.165, 1.54) is 23.1 Å². The highest BCUT2D eigenvalue weighted by Crippen LogP contribution is 2.48. The molecule has 32 heavy (non-hydrogen) atoms. The van der Waals surface area contributed by atoms with Gasteiger partial charge in [-0.3, -0.25) is 4.99 Å². The molecule has 9 heteroatoms. The van der Waals surface area contributed by atoms with Crippen LogP contribution in [0.3, 0.4) is 0 Å². The number of aryl methyl sites for hydroxylation is 2. The first-order valence-electron chi connectivity index (χ1n) is 10.4. The van der Waals surface area contributed by atoms with Gasteiger partial charge in [-0.25, -0.2) is 8.75 Å². The molecule has 3 N–H and O–H groups in total.